The van der Waals surface area contributed by atoms with Crippen molar-refractivity contribution < 1.29 is 4.39 Å². The number of pyridine rings is 1. The summed E-state index contributed by atoms with van der Waals surface area (Å²) in [6.45, 7) is 1.76. The average Bonchev–Trinajstić information content (AvgIpc) is 2.08. The molecule has 14 heavy (non-hydrogen) atoms. The number of aromatic nitrogens is 1. The van der Waals surface area contributed by atoms with Crippen LogP contribution in [0.15, 0.2) is 23.0 Å². The summed E-state index contributed by atoms with van der Waals surface area (Å²) in [5.74, 6) is -0.575. The van der Waals surface area contributed by atoms with E-state index >= 15 is 0 Å². The number of benzene rings is 1. The minimum absolute atomic E-state index is 0.0127. The Morgan fingerprint density at radius 1 is 1.36 bits per heavy atom. The van der Waals surface area contributed by atoms with E-state index in [1.54, 1.807) is 6.92 Å². The molecule has 2 nitrogen and oxygen atoms in total. The molecule has 0 unspecified atom stereocenters. The van der Waals surface area contributed by atoms with Crippen LogP contribution in [-0.2, 0) is 0 Å². The van der Waals surface area contributed by atoms with Crippen molar-refractivity contribution in [3.05, 3.63) is 45.0 Å². The van der Waals surface area contributed by atoms with Crippen LogP contribution in [0.3, 0.4) is 0 Å². The Kier molecular flexibility index (Phi) is 2.04. The Morgan fingerprint density at radius 2 is 2.07 bits per heavy atom. The van der Waals surface area contributed by atoms with E-state index in [2.05, 4.69) is 4.98 Å². The van der Waals surface area contributed by atoms with Crippen molar-refractivity contribution in [2.45, 2.75) is 6.92 Å². The molecule has 0 bridgehead atoms. The fourth-order valence-corrected chi connectivity index (χ4v) is 1.54. The van der Waals surface area contributed by atoms with Crippen molar-refractivity contribution in [1.82, 2.24) is 4.98 Å². The van der Waals surface area contributed by atoms with Gasteiger partial charge < -0.3 is 4.98 Å². The van der Waals surface area contributed by atoms with Gasteiger partial charge in [-0.1, -0.05) is 11.6 Å². The highest BCUT2D eigenvalue weighted by atomic mass is 35.5. The molecule has 0 fully saturated rings. The summed E-state index contributed by atoms with van der Waals surface area (Å²) in [6.07, 6.45) is 0. The Labute approximate surface area is 84.3 Å². The average molecular weight is 212 g/mol. The van der Waals surface area contributed by atoms with Gasteiger partial charge in [-0.2, -0.15) is 0 Å². The van der Waals surface area contributed by atoms with Gasteiger partial charge in [0.05, 0.1) is 10.5 Å². The zero-order valence-corrected chi connectivity index (χ0v) is 8.15. The number of halogens is 2. The lowest BCUT2D eigenvalue weighted by Gasteiger charge is -2.01. The zero-order chi connectivity index (χ0) is 10.3. The second kappa shape index (κ2) is 3.10. The largest absolute Gasteiger partial charge is 0.358 e. The summed E-state index contributed by atoms with van der Waals surface area (Å²) in [4.78, 5) is 14.4. The number of hydrogen-bond acceptors (Lipinski definition) is 1. The van der Waals surface area contributed by atoms with E-state index in [1.165, 1.54) is 12.1 Å². The second-order valence-corrected chi connectivity index (χ2v) is 3.54. The first-order valence-electron chi connectivity index (χ1n) is 4.06. The summed E-state index contributed by atoms with van der Waals surface area (Å²) in [6, 6.07) is 3.99. The van der Waals surface area contributed by atoms with E-state index in [1.807, 2.05) is 0 Å². The van der Waals surface area contributed by atoms with Crippen LogP contribution in [0.1, 0.15) is 5.69 Å². The van der Waals surface area contributed by atoms with Gasteiger partial charge in [0.15, 0.2) is 5.43 Å². The van der Waals surface area contributed by atoms with Gasteiger partial charge in [-0.05, 0) is 19.1 Å². The first-order valence-corrected chi connectivity index (χ1v) is 4.44. The molecule has 72 valence electrons. The number of fused-ring (bicyclic) bond motifs is 1. The molecule has 0 aliphatic rings. The SMILES string of the molecule is Cc1cc(=O)c2cc(F)c(Cl)cc2[nH]1. The van der Waals surface area contributed by atoms with Crippen LogP contribution >= 0.6 is 11.6 Å². The first-order chi connectivity index (χ1) is 6.58. The zero-order valence-electron chi connectivity index (χ0n) is 7.40. The van der Waals surface area contributed by atoms with Gasteiger partial charge in [-0.3, -0.25) is 4.79 Å². The summed E-state index contributed by atoms with van der Waals surface area (Å²) in [5, 5.41) is 0.330. The molecular weight excluding hydrogens is 205 g/mol. The number of H-pyrrole nitrogens is 1. The smallest absolute Gasteiger partial charge is 0.189 e. The van der Waals surface area contributed by atoms with Crippen LogP contribution in [0.5, 0.6) is 0 Å². The molecule has 0 saturated heterocycles. The number of rotatable bonds is 0. The van der Waals surface area contributed by atoms with Gasteiger partial charge in [0.1, 0.15) is 5.82 Å². The quantitative estimate of drug-likeness (QED) is 0.714. The Morgan fingerprint density at radius 3 is 2.79 bits per heavy atom. The third-order valence-electron chi connectivity index (χ3n) is 2.01. The summed E-state index contributed by atoms with van der Waals surface area (Å²) < 4.78 is 13.0. The molecular formula is C10H7ClFNO. The Hall–Kier alpha value is -1.35. The molecule has 0 amide bonds. The minimum atomic E-state index is -0.575. The van der Waals surface area contributed by atoms with Crippen molar-refractivity contribution in [2.24, 2.45) is 0 Å². The molecule has 1 aromatic carbocycles. The lowest BCUT2D eigenvalue weighted by Crippen LogP contribution is -2.03. The minimum Gasteiger partial charge on any atom is -0.358 e. The van der Waals surface area contributed by atoms with E-state index in [0.717, 1.165) is 11.8 Å². The predicted molar refractivity (Wildman–Crippen MR) is 54.3 cm³/mol. The molecule has 0 saturated carbocycles. The maximum absolute atomic E-state index is 13.0. The highest BCUT2D eigenvalue weighted by Gasteiger charge is 2.05. The molecule has 2 rings (SSSR count). The fourth-order valence-electron chi connectivity index (χ4n) is 1.38. The molecule has 1 N–H and O–H groups in total. The first kappa shape index (κ1) is 9.21. The lowest BCUT2D eigenvalue weighted by molar-refractivity contribution is 0.630. The maximum atomic E-state index is 13.0. The summed E-state index contributed by atoms with van der Waals surface area (Å²) >= 11 is 5.60. The molecule has 0 radical (unpaired) electrons. The summed E-state index contributed by atoms with van der Waals surface area (Å²) in [7, 11) is 0. The van der Waals surface area contributed by atoms with Gasteiger partial charge in [0.2, 0.25) is 0 Å². The molecule has 0 aliphatic carbocycles. The molecule has 1 aromatic heterocycles. The number of aryl methyl sites for hydroxylation is 1. The van der Waals surface area contributed by atoms with Crippen molar-refractivity contribution in [1.29, 1.82) is 0 Å². The van der Waals surface area contributed by atoms with Gasteiger partial charge in [0.25, 0.3) is 0 Å². The van der Waals surface area contributed by atoms with Crippen LogP contribution in [0.25, 0.3) is 10.9 Å². The van der Waals surface area contributed by atoms with E-state index in [9.17, 15) is 9.18 Å². The van der Waals surface area contributed by atoms with Gasteiger partial charge in [-0.25, -0.2) is 4.39 Å². The monoisotopic (exact) mass is 211 g/mol. The van der Waals surface area contributed by atoms with Crippen molar-refractivity contribution in [3.8, 4) is 0 Å². The predicted octanol–water partition coefficient (Wildman–Crippen LogP) is 2.63. The third-order valence-corrected chi connectivity index (χ3v) is 2.29. The van der Waals surface area contributed by atoms with E-state index < -0.39 is 5.82 Å². The lowest BCUT2D eigenvalue weighted by atomic mass is 10.2. The van der Waals surface area contributed by atoms with Crippen molar-refractivity contribution in [2.75, 3.05) is 0 Å². The highest BCUT2D eigenvalue weighted by Crippen LogP contribution is 2.19. The second-order valence-electron chi connectivity index (χ2n) is 3.13. The van der Waals surface area contributed by atoms with Gasteiger partial charge in [0, 0.05) is 17.1 Å². The number of nitrogens with one attached hydrogen (secondary N) is 1. The highest BCUT2D eigenvalue weighted by molar-refractivity contribution is 6.31. The van der Waals surface area contributed by atoms with Crippen LogP contribution in [0.4, 0.5) is 4.39 Å². The number of hydrogen-bond donors (Lipinski definition) is 1. The summed E-state index contributed by atoms with van der Waals surface area (Å²) in [5.41, 5.74) is 1.08. The molecule has 2 aromatic rings. The van der Waals surface area contributed by atoms with Crippen LogP contribution < -0.4 is 5.43 Å². The maximum Gasteiger partial charge on any atom is 0.189 e. The van der Waals surface area contributed by atoms with Crippen molar-refractivity contribution in [3.63, 3.8) is 0 Å². The Bertz CT molecular complexity index is 562. The van der Waals surface area contributed by atoms with E-state index in [-0.39, 0.29) is 10.5 Å². The molecule has 1 heterocycles. The molecule has 4 heteroatoms. The molecule has 0 spiro atoms. The normalized spacial score (nSPS) is 10.8. The standard InChI is InChI=1S/C10H7ClFNO/c1-5-2-10(14)6-3-8(12)7(11)4-9(6)13-5/h2-4H,1H3,(H,13,14). The van der Waals surface area contributed by atoms with Crippen LogP contribution in [-0.4, -0.2) is 4.98 Å². The topological polar surface area (TPSA) is 32.9 Å². The fraction of sp³-hybridized carbons (Fsp3) is 0.100. The van der Waals surface area contributed by atoms with Crippen LogP contribution in [0.2, 0.25) is 5.02 Å². The van der Waals surface area contributed by atoms with Gasteiger partial charge >= 0.3 is 0 Å². The molecule has 0 aliphatic heterocycles. The van der Waals surface area contributed by atoms with Crippen LogP contribution in [0, 0.1) is 12.7 Å². The Balaban J connectivity index is 2.96. The van der Waals surface area contributed by atoms with Gasteiger partial charge in [-0.15, -0.1) is 0 Å². The molecule has 0 atom stereocenters. The third kappa shape index (κ3) is 1.40. The van der Waals surface area contributed by atoms with E-state index in [0.29, 0.717) is 10.9 Å². The van der Waals surface area contributed by atoms with Crippen molar-refractivity contribution >= 4 is 22.5 Å². The number of aromatic amines is 1. The van der Waals surface area contributed by atoms with E-state index in [4.69, 9.17) is 11.6 Å².